The highest BCUT2D eigenvalue weighted by molar-refractivity contribution is 6.88. The van der Waals surface area contributed by atoms with Gasteiger partial charge in [-0.1, -0.05) is 25.7 Å². The van der Waals surface area contributed by atoms with E-state index in [2.05, 4.69) is 0 Å². The number of aliphatic hydroxyl groups is 1. The van der Waals surface area contributed by atoms with Crippen LogP contribution in [0.5, 0.6) is 5.75 Å². The molecule has 0 spiro atoms. The van der Waals surface area contributed by atoms with E-state index in [0.717, 1.165) is 5.56 Å². The van der Waals surface area contributed by atoms with E-state index >= 15 is 0 Å². The molecule has 1 amide bonds. The van der Waals surface area contributed by atoms with Crippen LogP contribution in [0, 0.1) is 11.6 Å². The number of nitrogens with zero attached hydrogens (tertiary/aromatic N) is 1. The molecule has 0 aliphatic carbocycles. The van der Waals surface area contributed by atoms with Crippen LogP contribution in [0.15, 0.2) is 30.3 Å². The number of carboxylic acids is 1. The monoisotopic (exact) mass is 533 g/mol. The number of hydrogen-bond donors (Lipinski definition) is 2. The molecule has 0 saturated carbocycles. The number of aliphatic carboxylic acids is 1. The molecule has 10 heteroatoms. The molecule has 37 heavy (non-hydrogen) atoms. The van der Waals surface area contributed by atoms with Crippen LogP contribution in [0.2, 0.25) is 19.6 Å². The molecule has 200 valence electrons. The first-order valence-electron chi connectivity index (χ1n) is 12.0. The molecule has 2 atom stereocenters. The highest BCUT2D eigenvalue weighted by atomic mass is 28.3. The summed E-state index contributed by atoms with van der Waals surface area (Å²) in [5, 5.41) is 19.6. The van der Waals surface area contributed by atoms with Gasteiger partial charge < -0.3 is 19.8 Å². The van der Waals surface area contributed by atoms with Crippen molar-refractivity contribution in [2.24, 2.45) is 0 Å². The Kier molecular flexibility index (Phi) is 8.23. The molecule has 2 N–H and O–H groups in total. The summed E-state index contributed by atoms with van der Waals surface area (Å²) >= 11 is 0. The molecule has 2 aromatic rings. The van der Waals surface area contributed by atoms with Crippen LogP contribution in [0.25, 0.3) is 0 Å². The van der Waals surface area contributed by atoms with Crippen LogP contribution in [0.1, 0.15) is 42.5 Å². The minimum atomic E-state index is -2.30. The number of carboxylic acid groups (broad SMARTS) is 1. The number of hydrogen-bond acceptors (Lipinski definition) is 5. The third kappa shape index (κ3) is 6.61. The number of carbonyl (C=O) groups is 3. The average molecular weight is 534 g/mol. The molecule has 0 aromatic heterocycles. The number of ketones is 1. The second kappa shape index (κ2) is 10.7. The lowest BCUT2D eigenvalue weighted by molar-refractivity contribution is -0.148. The molecule has 1 aliphatic rings. The fourth-order valence-corrected chi connectivity index (χ4v) is 6.48. The Morgan fingerprint density at radius 3 is 2.27 bits per heavy atom. The van der Waals surface area contributed by atoms with E-state index < -0.39 is 61.9 Å². The number of benzene rings is 2. The van der Waals surface area contributed by atoms with Crippen molar-refractivity contribution in [3.8, 4) is 5.75 Å². The summed E-state index contributed by atoms with van der Waals surface area (Å²) in [6.45, 7) is 6.89. The number of halogens is 2. The van der Waals surface area contributed by atoms with Crippen molar-refractivity contribution in [1.29, 1.82) is 0 Å². The second-order valence-corrected chi connectivity index (χ2v) is 15.9. The molecule has 7 nitrogen and oxygen atoms in total. The minimum absolute atomic E-state index is 0.0660. The molecular weight excluding hydrogens is 500 g/mol. The van der Waals surface area contributed by atoms with Gasteiger partial charge in [0.25, 0.3) is 0 Å². The zero-order valence-electron chi connectivity index (χ0n) is 21.7. The van der Waals surface area contributed by atoms with Crippen molar-refractivity contribution in [1.82, 2.24) is 4.90 Å². The van der Waals surface area contributed by atoms with Crippen molar-refractivity contribution in [2.45, 2.75) is 63.9 Å². The summed E-state index contributed by atoms with van der Waals surface area (Å²) in [4.78, 5) is 39.3. The van der Waals surface area contributed by atoms with Crippen LogP contribution >= 0.6 is 0 Å². The Bertz CT molecular complexity index is 1200. The van der Waals surface area contributed by atoms with Gasteiger partial charge in [-0.3, -0.25) is 14.4 Å². The predicted octanol–water partition coefficient (Wildman–Crippen LogP) is 3.37. The van der Waals surface area contributed by atoms with Crippen molar-refractivity contribution >= 4 is 30.9 Å². The SMILES string of the molecule is COc1ccc2c(c1)CCN(C(=O)CC(C)(O)CC(=O)O)[C@H]2C(=O)Cc1cc(F)c([Si](C)(C)C)c(F)c1. The lowest BCUT2D eigenvalue weighted by atomic mass is 9.86. The largest absolute Gasteiger partial charge is 0.497 e. The highest BCUT2D eigenvalue weighted by Crippen LogP contribution is 2.35. The lowest BCUT2D eigenvalue weighted by Crippen LogP contribution is -2.47. The van der Waals surface area contributed by atoms with Gasteiger partial charge in [-0.2, -0.15) is 0 Å². The van der Waals surface area contributed by atoms with Gasteiger partial charge >= 0.3 is 5.97 Å². The number of ether oxygens (including phenoxy) is 1. The zero-order chi connectivity index (χ0) is 27.7. The Labute approximate surface area is 216 Å². The van der Waals surface area contributed by atoms with Gasteiger partial charge in [-0.15, -0.1) is 0 Å². The molecule has 1 aliphatic heterocycles. The van der Waals surface area contributed by atoms with Crippen LogP contribution in [0.3, 0.4) is 0 Å². The Morgan fingerprint density at radius 1 is 1.11 bits per heavy atom. The van der Waals surface area contributed by atoms with Crippen molar-refractivity contribution in [3.05, 3.63) is 58.7 Å². The maximum absolute atomic E-state index is 14.8. The molecule has 0 radical (unpaired) electrons. The molecular formula is C27H33F2NO6Si. The average Bonchev–Trinajstić information content (AvgIpc) is 2.74. The van der Waals surface area contributed by atoms with Crippen LogP contribution in [0.4, 0.5) is 8.78 Å². The zero-order valence-corrected chi connectivity index (χ0v) is 22.7. The van der Waals surface area contributed by atoms with Gasteiger partial charge in [-0.05, 0) is 54.3 Å². The summed E-state index contributed by atoms with van der Waals surface area (Å²) in [7, 11) is -0.785. The van der Waals surface area contributed by atoms with E-state index in [-0.39, 0.29) is 23.7 Å². The predicted molar refractivity (Wildman–Crippen MR) is 137 cm³/mol. The number of carbonyl (C=O) groups excluding carboxylic acids is 2. The lowest BCUT2D eigenvalue weighted by Gasteiger charge is -2.38. The van der Waals surface area contributed by atoms with Gasteiger partial charge in [0.2, 0.25) is 5.91 Å². The fourth-order valence-electron chi connectivity index (χ4n) is 4.90. The third-order valence-electron chi connectivity index (χ3n) is 6.50. The maximum atomic E-state index is 14.8. The minimum Gasteiger partial charge on any atom is -0.497 e. The van der Waals surface area contributed by atoms with Gasteiger partial charge in [-0.25, -0.2) is 8.78 Å². The van der Waals surface area contributed by atoms with Crippen LogP contribution in [-0.2, 0) is 27.2 Å². The highest BCUT2D eigenvalue weighted by Gasteiger charge is 2.39. The number of amides is 1. The van der Waals surface area contributed by atoms with Gasteiger partial charge in [0, 0.05) is 18.2 Å². The number of fused-ring (bicyclic) bond motifs is 1. The third-order valence-corrected chi connectivity index (χ3v) is 8.48. The van der Waals surface area contributed by atoms with Crippen molar-refractivity contribution in [2.75, 3.05) is 13.7 Å². The summed E-state index contributed by atoms with van der Waals surface area (Å²) < 4.78 is 35.0. The van der Waals surface area contributed by atoms with E-state index in [0.29, 0.717) is 17.7 Å². The first-order valence-corrected chi connectivity index (χ1v) is 15.5. The number of rotatable bonds is 9. The van der Waals surface area contributed by atoms with E-state index in [1.165, 1.54) is 31.1 Å². The van der Waals surface area contributed by atoms with Crippen LogP contribution < -0.4 is 9.92 Å². The summed E-state index contributed by atoms with van der Waals surface area (Å²) in [6, 6.07) is 6.41. The molecule has 0 bridgehead atoms. The van der Waals surface area contributed by atoms with E-state index in [1.54, 1.807) is 18.2 Å². The van der Waals surface area contributed by atoms with E-state index in [1.807, 2.05) is 19.6 Å². The standard InChI is InChI=1S/C27H33F2NO6Si/c1-27(35,15-24(33)34)14-23(32)30-9-8-17-13-18(36-2)6-7-19(17)25(30)22(31)12-16-10-20(28)26(21(29)11-16)37(3,4)5/h6-7,10-11,13,25,35H,8-9,12,14-15H2,1-5H3,(H,33,34)/t25-,27?/m1/s1. The Balaban J connectivity index is 1.98. The number of Topliss-reactive ketones (excluding diaryl/α,β-unsaturated/α-hetero) is 1. The normalized spacial score (nSPS) is 17.1. The van der Waals surface area contributed by atoms with Gasteiger partial charge in [0.15, 0.2) is 5.78 Å². The summed E-state index contributed by atoms with van der Waals surface area (Å²) in [5.74, 6) is -3.08. The fraction of sp³-hybridized carbons (Fsp3) is 0.444. The molecule has 3 rings (SSSR count). The summed E-state index contributed by atoms with van der Waals surface area (Å²) in [5.41, 5.74) is -0.295. The maximum Gasteiger partial charge on any atom is 0.306 e. The Hall–Kier alpha value is -3.11. The van der Waals surface area contributed by atoms with Crippen molar-refractivity contribution < 1.29 is 38.1 Å². The van der Waals surface area contributed by atoms with Gasteiger partial charge in [0.1, 0.15) is 23.4 Å². The molecule has 0 saturated heterocycles. The van der Waals surface area contributed by atoms with Crippen molar-refractivity contribution in [3.63, 3.8) is 0 Å². The van der Waals surface area contributed by atoms with Crippen LogP contribution in [-0.4, -0.2) is 60.1 Å². The second-order valence-electron chi connectivity index (χ2n) is 10.9. The quantitative estimate of drug-likeness (QED) is 0.479. The topological polar surface area (TPSA) is 104 Å². The van der Waals surface area contributed by atoms with E-state index in [4.69, 9.17) is 9.84 Å². The molecule has 2 aromatic carbocycles. The first kappa shape index (κ1) is 28.5. The first-order chi connectivity index (χ1) is 17.1. The van der Waals surface area contributed by atoms with Gasteiger partial charge in [0.05, 0.1) is 33.6 Å². The molecule has 1 heterocycles. The molecule has 0 fully saturated rings. The smallest absolute Gasteiger partial charge is 0.306 e. The Morgan fingerprint density at radius 2 is 1.73 bits per heavy atom. The summed E-state index contributed by atoms with van der Waals surface area (Å²) in [6.07, 6.45) is -1.04. The molecule has 1 unspecified atom stereocenters. The number of methoxy groups -OCH3 is 1. The van der Waals surface area contributed by atoms with E-state index in [9.17, 15) is 28.3 Å².